The van der Waals surface area contributed by atoms with E-state index in [1.807, 2.05) is 24.3 Å². The Kier molecular flexibility index (Phi) is 5.49. The Hall–Kier alpha value is -1.95. The van der Waals surface area contributed by atoms with Crippen molar-refractivity contribution in [1.82, 2.24) is 0 Å². The zero-order chi connectivity index (χ0) is 14.2. The average Bonchev–Trinajstić information content (AvgIpc) is 2.98. The van der Waals surface area contributed by atoms with E-state index in [0.717, 1.165) is 23.7 Å². The molecule has 0 aliphatic heterocycles. The summed E-state index contributed by atoms with van der Waals surface area (Å²) in [6.07, 6.45) is 5.43. The average molecular weight is 271 g/mol. The van der Waals surface area contributed by atoms with Crippen molar-refractivity contribution in [3.05, 3.63) is 29.8 Å². The van der Waals surface area contributed by atoms with Crippen molar-refractivity contribution in [3.8, 4) is 11.8 Å². The zero-order valence-electron chi connectivity index (χ0n) is 11.9. The smallest absolute Gasteiger partial charge is 0.384 e. The van der Waals surface area contributed by atoms with Gasteiger partial charge in [-0.2, -0.15) is 0 Å². The zero-order valence-corrected chi connectivity index (χ0v) is 11.9. The number of anilines is 1. The van der Waals surface area contributed by atoms with E-state index in [2.05, 4.69) is 17.2 Å². The molecular formula is C17H21NO2. The van der Waals surface area contributed by atoms with Gasteiger partial charge in [-0.25, -0.2) is 4.79 Å². The van der Waals surface area contributed by atoms with Crippen molar-refractivity contribution in [2.24, 2.45) is 5.92 Å². The molecule has 1 aliphatic rings. The monoisotopic (exact) mass is 271 g/mol. The van der Waals surface area contributed by atoms with Gasteiger partial charge in [-0.1, -0.05) is 18.8 Å². The molecule has 106 valence electrons. The third kappa shape index (κ3) is 4.62. The van der Waals surface area contributed by atoms with Gasteiger partial charge in [-0.3, -0.25) is 0 Å². The van der Waals surface area contributed by atoms with Crippen molar-refractivity contribution in [3.63, 3.8) is 0 Å². The summed E-state index contributed by atoms with van der Waals surface area (Å²) >= 11 is 0. The fourth-order valence-electron chi connectivity index (χ4n) is 2.44. The van der Waals surface area contributed by atoms with Crippen molar-refractivity contribution in [2.45, 2.75) is 32.6 Å². The minimum atomic E-state index is -0.476. The molecule has 2 rings (SSSR count). The normalized spacial score (nSPS) is 14.4. The number of carbonyl (C=O) groups excluding carboxylic acids is 1. The van der Waals surface area contributed by atoms with E-state index >= 15 is 0 Å². The number of rotatable bonds is 4. The third-order valence-corrected chi connectivity index (χ3v) is 3.54. The third-order valence-electron chi connectivity index (χ3n) is 3.54. The molecular weight excluding hydrogens is 250 g/mol. The van der Waals surface area contributed by atoms with Crippen LogP contribution in [0.5, 0.6) is 0 Å². The molecule has 0 radical (unpaired) electrons. The quantitative estimate of drug-likeness (QED) is 0.675. The number of hydrogen-bond acceptors (Lipinski definition) is 3. The van der Waals surface area contributed by atoms with Crippen LogP contribution in [0.2, 0.25) is 0 Å². The summed E-state index contributed by atoms with van der Waals surface area (Å²) in [5.74, 6) is 5.61. The maximum absolute atomic E-state index is 11.1. The minimum absolute atomic E-state index is 0.359. The summed E-state index contributed by atoms with van der Waals surface area (Å²) in [5.41, 5.74) is 1.93. The van der Waals surface area contributed by atoms with Gasteiger partial charge in [0.05, 0.1) is 6.61 Å². The molecule has 0 heterocycles. The molecule has 20 heavy (non-hydrogen) atoms. The van der Waals surface area contributed by atoms with Gasteiger partial charge in [0.2, 0.25) is 0 Å². The largest absolute Gasteiger partial charge is 0.456 e. The van der Waals surface area contributed by atoms with Gasteiger partial charge in [-0.15, -0.1) is 0 Å². The van der Waals surface area contributed by atoms with Crippen LogP contribution >= 0.6 is 0 Å². The summed E-state index contributed by atoms with van der Waals surface area (Å²) in [4.78, 5) is 11.1. The minimum Gasteiger partial charge on any atom is -0.456 e. The Morgan fingerprint density at radius 2 is 2.00 bits per heavy atom. The molecule has 1 aliphatic carbocycles. The highest BCUT2D eigenvalue weighted by atomic mass is 16.5. The standard InChI is InChI=1S/C17H21NO2/c1-2-20-17(19)12-9-14-7-10-16(11-8-14)18-13-15-5-3-4-6-15/h7-8,10-11,15,18H,2-6,13H2,1H3. The predicted octanol–water partition coefficient (Wildman–Crippen LogP) is 3.20. The Labute approximate surface area is 120 Å². The molecule has 3 heteroatoms. The van der Waals surface area contributed by atoms with Gasteiger partial charge < -0.3 is 10.1 Å². The van der Waals surface area contributed by atoms with Crippen molar-refractivity contribution >= 4 is 11.7 Å². The lowest BCUT2D eigenvalue weighted by Gasteiger charge is -2.11. The Morgan fingerprint density at radius 1 is 1.30 bits per heavy atom. The van der Waals surface area contributed by atoms with Crippen LogP contribution in [0.3, 0.4) is 0 Å². The number of nitrogens with one attached hydrogen (secondary N) is 1. The Bertz CT molecular complexity index is 490. The second-order valence-electron chi connectivity index (χ2n) is 5.08. The fourth-order valence-corrected chi connectivity index (χ4v) is 2.44. The first kappa shape index (κ1) is 14.5. The molecule has 0 bridgehead atoms. The molecule has 0 amide bonds. The van der Waals surface area contributed by atoms with Crippen molar-refractivity contribution < 1.29 is 9.53 Å². The number of esters is 1. The van der Waals surface area contributed by atoms with E-state index in [-0.39, 0.29) is 0 Å². The van der Waals surface area contributed by atoms with Crippen molar-refractivity contribution in [2.75, 3.05) is 18.5 Å². The van der Waals surface area contributed by atoms with Crippen LogP contribution in [0.15, 0.2) is 24.3 Å². The van der Waals surface area contributed by atoms with E-state index in [4.69, 9.17) is 4.74 Å². The van der Waals surface area contributed by atoms with Crippen LogP contribution in [-0.4, -0.2) is 19.1 Å². The first-order chi connectivity index (χ1) is 9.78. The van der Waals surface area contributed by atoms with Gasteiger partial charge in [0.15, 0.2) is 0 Å². The van der Waals surface area contributed by atoms with Gasteiger partial charge in [0.25, 0.3) is 0 Å². The van der Waals surface area contributed by atoms with Crippen LogP contribution in [-0.2, 0) is 9.53 Å². The van der Waals surface area contributed by atoms with Crippen molar-refractivity contribution in [1.29, 1.82) is 0 Å². The maximum atomic E-state index is 11.1. The first-order valence-corrected chi connectivity index (χ1v) is 7.30. The van der Waals surface area contributed by atoms with Crippen LogP contribution in [0.25, 0.3) is 0 Å². The lowest BCUT2D eigenvalue weighted by atomic mass is 10.1. The maximum Gasteiger partial charge on any atom is 0.384 e. The SMILES string of the molecule is CCOC(=O)C#Cc1ccc(NCC2CCCC2)cc1. The lowest BCUT2D eigenvalue weighted by Crippen LogP contribution is -2.10. The summed E-state index contributed by atoms with van der Waals surface area (Å²) < 4.78 is 4.76. The molecule has 1 fully saturated rings. The molecule has 1 N–H and O–H groups in total. The number of ether oxygens (including phenoxy) is 1. The lowest BCUT2D eigenvalue weighted by molar-refractivity contribution is -0.136. The predicted molar refractivity (Wildman–Crippen MR) is 80.4 cm³/mol. The molecule has 3 nitrogen and oxygen atoms in total. The number of benzene rings is 1. The topological polar surface area (TPSA) is 38.3 Å². The first-order valence-electron chi connectivity index (χ1n) is 7.30. The summed E-state index contributed by atoms with van der Waals surface area (Å²) in [7, 11) is 0. The summed E-state index contributed by atoms with van der Waals surface area (Å²) in [6, 6.07) is 7.85. The number of hydrogen-bond donors (Lipinski definition) is 1. The molecule has 0 aromatic heterocycles. The second-order valence-corrected chi connectivity index (χ2v) is 5.08. The second kappa shape index (κ2) is 7.59. The van der Waals surface area contributed by atoms with Gasteiger partial charge in [0.1, 0.15) is 0 Å². The van der Waals surface area contributed by atoms with Gasteiger partial charge >= 0.3 is 5.97 Å². The Balaban J connectivity index is 1.84. The highest BCUT2D eigenvalue weighted by molar-refractivity contribution is 5.89. The number of carbonyl (C=O) groups is 1. The van der Waals surface area contributed by atoms with Crippen LogP contribution in [0.4, 0.5) is 5.69 Å². The molecule has 1 saturated carbocycles. The van der Waals surface area contributed by atoms with E-state index in [1.165, 1.54) is 25.7 Å². The molecule has 0 spiro atoms. The molecule has 1 aromatic carbocycles. The highest BCUT2D eigenvalue weighted by Crippen LogP contribution is 2.24. The van der Waals surface area contributed by atoms with E-state index < -0.39 is 5.97 Å². The molecule has 0 unspecified atom stereocenters. The molecule has 0 saturated heterocycles. The molecule has 0 atom stereocenters. The fraction of sp³-hybridized carbons (Fsp3) is 0.471. The van der Waals surface area contributed by atoms with E-state index in [1.54, 1.807) is 6.92 Å². The van der Waals surface area contributed by atoms with E-state index in [0.29, 0.717) is 6.61 Å². The van der Waals surface area contributed by atoms with Crippen LogP contribution < -0.4 is 5.32 Å². The van der Waals surface area contributed by atoms with Gasteiger partial charge in [-0.05, 0) is 49.9 Å². The Morgan fingerprint density at radius 3 is 2.65 bits per heavy atom. The molecule has 1 aromatic rings. The van der Waals surface area contributed by atoms with Crippen LogP contribution in [0, 0.1) is 17.8 Å². The van der Waals surface area contributed by atoms with Crippen LogP contribution in [0.1, 0.15) is 38.2 Å². The highest BCUT2D eigenvalue weighted by Gasteiger charge is 2.14. The van der Waals surface area contributed by atoms with E-state index in [9.17, 15) is 4.79 Å². The van der Waals surface area contributed by atoms with Gasteiger partial charge in [0, 0.05) is 23.7 Å². The summed E-state index contributed by atoms with van der Waals surface area (Å²) in [6.45, 7) is 3.18. The summed E-state index contributed by atoms with van der Waals surface area (Å²) in [5, 5.41) is 3.46.